The second kappa shape index (κ2) is 8.54. The van der Waals surface area contributed by atoms with Crippen LogP contribution in [0.25, 0.3) is 45.4 Å². The highest BCUT2D eigenvalue weighted by molar-refractivity contribution is 7.07. The standard InChI is InChI=1S/C23H19ClN6O3S/c1-23(2,3)32-22(31)26-13-5-6-15(24)14(9-13)21-29-19(30-33-21)12-4-7-16-17(8-12)28-20(27-16)18-10-34-11-25-18/h4-11H,1-3H3,(H,26,31)(H,27,28). The summed E-state index contributed by atoms with van der Waals surface area (Å²) in [5.74, 6) is 1.31. The van der Waals surface area contributed by atoms with Gasteiger partial charge in [-0.3, -0.25) is 5.32 Å². The summed E-state index contributed by atoms with van der Waals surface area (Å²) >= 11 is 7.88. The monoisotopic (exact) mass is 494 g/mol. The van der Waals surface area contributed by atoms with E-state index in [4.69, 9.17) is 20.9 Å². The number of thiazole rings is 1. The molecule has 0 bridgehead atoms. The molecule has 0 atom stereocenters. The molecule has 3 aromatic heterocycles. The predicted molar refractivity (Wildman–Crippen MR) is 131 cm³/mol. The average molecular weight is 495 g/mol. The first-order chi connectivity index (χ1) is 16.2. The molecule has 34 heavy (non-hydrogen) atoms. The molecule has 11 heteroatoms. The number of imidazole rings is 1. The van der Waals surface area contributed by atoms with Gasteiger partial charge in [0, 0.05) is 16.6 Å². The number of nitrogens with one attached hydrogen (secondary N) is 2. The number of ether oxygens (including phenoxy) is 1. The van der Waals surface area contributed by atoms with Crippen LogP contribution in [0.2, 0.25) is 5.02 Å². The third-order valence-corrected chi connectivity index (χ3v) is 5.60. The van der Waals surface area contributed by atoms with Crippen molar-refractivity contribution in [2.75, 3.05) is 5.32 Å². The van der Waals surface area contributed by atoms with E-state index in [0.717, 1.165) is 22.3 Å². The number of fused-ring (bicyclic) bond motifs is 1. The topological polar surface area (TPSA) is 119 Å². The maximum Gasteiger partial charge on any atom is 0.412 e. The third-order valence-electron chi connectivity index (χ3n) is 4.68. The summed E-state index contributed by atoms with van der Waals surface area (Å²) < 4.78 is 10.8. The highest BCUT2D eigenvalue weighted by atomic mass is 35.5. The molecule has 0 radical (unpaired) electrons. The Kier molecular flexibility index (Phi) is 5.54. The quantitative estimate of drug-likeness (QED) is 0.296. The number of hydrogen-bond acceptors (Lipinski definition) is 8. The number of nitrogens with zero attached hydrogens (tertiary/aromatic N) is 4. The number of aromatic nitrogens is 5. The highest BCUT2D eigenvalue weighted by Gasteiger charge is 2.19. The number of halogens is 1. The average Bonchev–Trinajstić information content (AvgIpc) is 3.53. The fraction of sp³-hybridized carbons (Fsp3) is 0.174. The highest BCUT2D eigenvalue weighted by Crippen LogP contribution is 2.32. The second-order valence-electron chi connectivity index (χ2n) is 8.44. The van der Waals surface area contributed by atoms with Gasteiger partial charge in [0.1, 0.15) is 11.3 Å². The van der Waals surface area contributed by atoms with Crippen molar-refractivity contribution >= 4 is 45.8 Å². The van der Waals surface area contributed by atoms with Gasteiger partial charge in [0.05, 0.1) is 27.1 Å². The van der Waals surface area contributed by atoms with Gasteiger partial charge < -0.3 is 14.2 Å². The molecule has 0 saturated carbocycles. The molecule has 0 spiro atoms. The predicted octanol–water partition coefficient (Wildman–Crippen LogP) is 6.40. The number of benzene rings is 2. The minimum absolute atomic E-state index is 0.223. The Morgan fingerprint density at radius 2 is 2.03 bits per heavy atom. The van der Waals surface area contributed by atoms with Gasteiger partial charge in [-0.2, -0.15) is 4.98 Å². The first kappa shape index (κ1) is 22.1. The largest absolute Gasteiger partial charge is 0.444 e. The molecule has 0 aliphatic carbocycles. The Bertz CT molecular complexity index is 1490. The normalized spacial score (nSPS) is 11.6. The van der Waals surface area contributed by atoms with Gasteiger partial charge in [-0.15, -0.1) is 11.3 Å². The molecule has 9 nitrogen and oxygen atoms in total. The van der Waals surface area contributed by atoms with E-state index in [0.29, 0.717) is 27.9 Å². The fourth-order valence-corrected chi connectivity index (χ4v) is 3.97. The fourth-order valence-electron chi connectivity index (χ4n) is 3.24. The van der Waals surface area contributed by atoms with Gasteiger partial charge in [-0.05, 0) is 57.2 Å². The minimum Gasteiger partial charge on any atom is -0.444 e. The van der Waals surface area contributed by atoms with Gasteiger partial charge in [-0.25, -0.2) is 14.8 Å². The van der Waals surface area contributed by atoms with Crippen LogP contribution in [0.1, 0.15) is 20.8 Å². The van der Waals surface area contributed by atoms with E-state index in [2.05, 4.69) is 30.4 Å². The molecular formula is C23H19ClN6O3S. The van der Waals surface area contributed by atoms with Gasteiger partial charge in [-0.1, -0.05) is 16.8 Å². The first-order valence-electron chi connectivity index (χ1n) is 10.3. The van der Waals surface area contributed by atoms with Crippen LogP contribution in [0.15, 0.2) is 51.8 Å². The Morgan fingerprint density at radius 1 is 1.18 bits per heavy atom. The summed E-state index contributed by atoms with van der Waals surface area (Å²) in [7, 11) is 0. The summed E-state index contributed by atoms with van der Waals surface area (Å²) in [5, 5.41) is 9.12. The Labute approximate surface area is 203 Å². The number of rotatable bonds is 4. The van der Waals surface area contributed by atoms with Crippen LogP contribution in [0, 0.1) is 0 Å². The SMILES string of the molecule is CC(C)(C)OC(=O)Nc1ccc(Cl)c(-c2nc(-c3ccc4nc(-c5cscn5)[nH]c4c3)no2)c1. The van der Waals surface area contributed by atoms with E-state index in [1.54, 1.807) is 44.5 Å². The van der Waals surface area contributed by atoms with Crippen LogP contribution < -0.4 is 5.32 Å². The van der Waals surface area contributed by atoms with Crippen molar-refractivity contribution in [1.29, 1.82) is 0 Å². The number of amides is 1. The summed E-state index contributed by atoms with van der Waals surface area (Å²) in [5.41, 5.74) is 5.29. The van der Waals surface area contributed by atoms with Crippen LogP contribution in [-0.2, 0) is 4.74 Å². The molecular weight excluding hydrogens is 476 g/mol. The molecule has 172 valence electrons. The van der Waals surface area contributed by atoms with E-state index >= 15 is 0 Å². The molecule has 2 aromatic carbocycles. The zero-order valence-corrected chi connectivity index (χ0v) is 20.0. The Morgan fingerprint density at radius 3 is 2.79 bits per heavy atom. The number of hydrogen-bond donors (Lipinski definition) is 2. The van der Waals surface area contributed by atoms with Crippen LogP contribution in [-0.4, -0.2) is 36.8 Å². The second-order valence-corrected chi connectivity index (χ2v) is 9.56. The Balaban J connectivity index is 1.41. The van der Waals surface area contributed by atoms with Crippen LogP contribution >= 0.6 is 22.9 Å². The first-order valence-corrected chi connectivity index (χ1v) is 11.6. The van der Waals surface area contributed by atoms with E-state index < -0.39 is 11.7 Å². The van der Waals surface area contributed by atoms with Crippen molar-refractivity contribution in [3.8, 4) is 34.4 Å². The molecule has 2 N–H and O–H groups in total. The van der Waals surface area contributed by atoms with Crippen molar-refractivity contribution in [1.82, 2.24) is 25.1 Å². The van der Waals surface area contributed by atoms with Gasteiger partial charge >= 0.3 is 6.09 Å². The molecule has 1 amide bonds. The molecule has 0 aliphatic heterocycles. The van der Waals surface area contributed by atoms with E-state index in [1.807, 2.05) is 23.6 Å². The molecule has 0 aliphatic rings. The summed E-state index contributed by atoms with van der Waals surface area (Å²) in [6.07, 6.45) is -0.572. The van der Waals surface area contributed by atoms with E-state index in [9.17, 15) is 4.79 Å². The zero-order valence-electron chi connectivity index (χ0n) is 18.4. The van der Waals surface area contributed by atoms with Crippen LogP contribution in [0.5, 0.6) is 0 Å². The van der Waals surface area contributed by atoms with Crippen molar-refractivity contribution in [2.24, 2.45) is 0 Å². The number of carbonyl (C=O) groups excluding carboxylic acids is 1. The lowest BCUT2D eigenvalue weighted by atomic mass is 10.2. The molecule has 5 aromatic rings. The summed E-state index contributed by atoms with van der Waals surface area (Å²) in [6.45, 7) is 5.38. The molecule has 3 heterocycles. The van der Waals surface area contributed by atoms with Crippen molar-refractivity contribution in [2.45, 2.75) is 26.4 Å². The lowest BCUT2D eigenvalue weighted by molar-refractivity contribution is 0.0636. The van der Waals surface area contributed by atoms with E-state index in [1.165, 1.54) is 11.3 Å². The summed E-state index contributed by atoms with van der Waals surface area (Å²) in [6, 6.07) is 10.6. The van der Waals surface area contributed by atoms with Crippen LogP contribution in [0.4, 0.5) is 10.5 Å². The third kappa shape index (κ3) is 4.63. The van der Waals surface area contributed by atoms with Crippen molar-refractivity contribution in [3.05, 3.63) is 52.3 Å². The van der Waals surface area contributed by atoms with Crippen molar-refractivity contribution < 1.29 is 14.1 Å². The van der Waals surface area contributed by atoms with Gasteiger partial charge in [0.15, 0.2) is 5.82 Å². The minimum atomic E-state index is -0.614. The zero-order chi connectivity index (χ0) is 23.9. The molecule has 5 rings (SSSR count). The van der Waals surface area contributed by atoms with Gasteiger partial charge in [0.2, 0.25) is 5.82 Å². The maximum atomic E-state index is 12.1. The smallest absolute Gasteiger partial charge is 0.412 e. The molecule has 0 saturated heterocycles. The lowest BCUT2D eigenvalue weighted by Gasteiger charge is -2.19. The maximum absolute atomic E-state index is 12.1. The van der Waals surface area contributed by atoms with Crippen LogP contribution in [0.3, 0.4) is 0 Å². The van der Waals surface area contributed by atoms with Gasteiger partial charge in [0.25, 0.3) is 5.89 Å². The van der Waals surface area contributed by atoms with E-state index in [-0.39, 0.29) is 5.89 Å². The molecule has 0 unspecified atom stereocenters. The van der Waals surface area contributed by atoms with Crippen molar-refractivity contribution in [3.63, 3.8) is 0 Å². The lowest BCUT2D eigenvalue weighted by Crippen LogP contribution is -2.27. The number of aromatic amines is 1. The number of anilines is 1. The molecule has 0 fully saturated rings. The summed E-state index contributed by atoms with van der Waals surface area (Å²) in [4.78, 5) is 28.7. The Hall–Kier alpha value is -3.76. The number of carbonyl (C=O) groups is 1. The number of H-pyrrole nitrogens is 1.